The molecule has 49 heavy (non-hydrogen) atoms. The van der Waals surface area contributed by atoms with Gasteiger partial charge in [-0.15, -0.1) is 6.58 Å². The predicted molar refractivity (Wildman–Crippen MR) is 218 cm³/mol. The summed E-state index contributed by atoms with van der Waals surface area (Å²) in [4.78, 5) is 0. The molecule has 0 aromatic heterocycles. The van der Waals surface area contributed by atoms with Crippen molar-refractivity contribution >= 4 is 69.2 Å². The zero-order valence-corrected chi connectivity index (χ0v) is 29.1. The fraction of sp³-hybridized carbons (Fsp3) is 0.0213. The Morgan fingerprint density at radius 1 is 0.408 bits per heavy atom. The Bertz CT molecular complexity index is 2290. The van der Waals surface area contributed by atoms with E-state index in [1.807, 2.05) is 0 Å². The third-order valence-corrected chi connectivity index (χ3v) is 14.2. The minimum atomic E-state index is -0.932. The van der Waals surface area contributed by atoms with E-state index in [1.165, 1.54) is 70.1 Å². The normalized spacial score (nSPS) is 11.4. The summed E-state index contributed by atoms with van der Waals surface area (Å²) in [5.41, 5.74) is 4.03. The highest BCUT2D eigenvalue weighted by molar-refractivity contribution is 7.81. The number of benzene rings is 8. The summed E-state index contributed by atoms with van der Waals surface area (Å²) in [5.74, 6) is 0. The van der Waals surface area contributed by atoms with E-state index in [9.17, 15) is 0 Å². The number of hydrogen-bond donors (Lipinski definition) is 0. The van der Waals surface area contributed by atoms with E-state index in [4.69, 9.17) is 0 Å². The number of allylic oxidation sites excluding steroid dienone is 1. The van der Waals surface area contributed by atoms with Crippen LogP contribution in [0.15, 0.2) is 201 Å². The summed E-state index contributed by atoms with van der Waals surface area (Å²) >= 11 is 0. The van der Waals surface area contributed by atoms with E-state index in [-0.39, 0.29) is 0 Å². The van der Waals surface area contributed by atoms with Gasteiger partial charge in [0, 0.05) is 0 Å². The van der Waals surface area contributed by atoms with Gasteiger partial charge in [-0.3, -0.25) is 0 Å². The van der Waals surface area contributed by atoms with Crippen molar-refractivity contribution in [2.24, 2.45) is 0 Å². The summed E-state index contributed by atoms with van der Waals surface area (Å²) in [6.07, 6.45) is 2.86. The van der Waals surface area contributed by atoms with Crippen LogP contribution in [-0.2, 0) is 6.42 Å². The molecule has 0 bridgehead atoms. The van der Waals surface area contributed by atoms with Crippen LogP contribution >= 0.6 is 15.8 Å². The Hall–Kier alpha value is -5.12. The second kappa shape index (κ2) is 14.2. The van der Waals surface area contributed by atoms with E-state index in [0.29, 0.717) is 0 Å². The Morgan fingerprint density at radius 3 is 1.35 bits per heavy atom. The van der Waals surface area contributed by atoms with E-state index in [0.717, 1.165) is 6.42 Å². The van der Waals surface area contributed by atoms with Crippen LogP contribution in [0.2, 0.25) is 0 Å². The van der Waals surface area contributed by atoms with E-state index in [2.05, 4.69) is 201 Å². The van der Waals surface area contributed by atoms with Gasteiger partial charge in [0.2, 0.25) is 0 Å². The molecule has 2 heteroatoms. The summed E-state index contributed by atoms with van der Waals surface area (Å²) in [6.45, 7) is 4.27. The van der Waals surface area contributed by atoms with Crippen LogP contribution in [0.25, 0.3) is 32.7 Å². The minimum Gasteiger partial charge on any atom is -0.103 e. The van der Waals surface area contributed by atoms with Crippen molar-refractivity contribution < 1.29 is 0 Å². The minimum absolute atomic E-state index is 0.790. The van der Waals surface area contributed by atoms with Crippen LogP contribution in [0.5, 0.6) is 0 Å². The maximum Gasteiger partial charge on any atom is -0.000594 e. The van der Waals surface area contributed by atoms with E-state index >= 15 is 0 Å². The zero-order chi connectivity index (χ0) is 33.0. The van der Waals surface area contributed by atoms with Crippen LogP contribution < -0.4 is 31.8 Å². The van der Waals surface area contributed by atoms with Crippen molar-refractivity contribution in [3.05, 3.63) is 206 Å². The molecule has 0 spiro atoms. The highest BCUT2D eigenvalue weighted by Gasteiger charge is 2.29. The lowest BCUT2D eigenvalue weighted by Gasteiger charge is -2.30. The lowest BCUT2D eigenvalue weighted by molar-refractivity contribution is 1.31. The summed E-state index contributed by atoms with van der Waals surface area (Å²) < 4.78 is 0. The Kier molecular flexibility index (Phi) is 9.01. The van der Waals surface area contributed by atoms with Crippen LogP contribution in [0.1, 0.15) is 5.56 Å². The molecule has 0 aliphatic carbocycles. The number of hydrogen-bond acceptors (Lipinski definition) is 0. The van der Waals surface area contributed by atoms with Gasteiger partial charge in [-0.1, -0.05) is 194 Å². The molecule has 0 saturated carbocycles. The topological polar surface area (TPSA) is 0 Å². The molecule has 8 aromatic rings. The van der Waals surface area contributed by atoms with Gasteiger partial charge >= 0.3 is 0 Å². The molecule has 0 radical (unpaired) electrons. The first-order chi connectivity index (χ1) is 24.3. The Morgan fingerprint density at radius 2 is 0.837 bits per heavy atom. The van der Waals surface area contributed by atoms with Gasteiger partial charge in [-0.25, -0.2) is 0 Å². The largest absolute Gasteiger partial charge is 0.103 e. The number of fused-ring (bicyclic) bond motifs is 2. The van der Waals surface area contributed by atoms with Crippen LogP contribution in [0, 0.1) is 0 Å². The highest BCUT2D eigenvalue weighted by atomic mass is 31.1. The smallest absolute Gasteiger partial charge is 0.000594 e. The highest BCUT2D eigenvalue weighted by Crippen LogP contribution is 2.46. The predicted octanol–water partition coefficient (Wildman–Crippen LogP) is 9.90. The molecule has 8 rings (SSSR count). The third-order valence-electron chi connectivity index (χ3n) is 9.14. The maximum atomic E-state index is 4.27. The van der Waals surface area contributed by atoms with Crippen LogP contribution in [-0.4, -0.2) is 0 Å². The Labute approximate surface area is 291 Å². The molecule has 8 aromatic carbocycles. The van der Waals surface area contributed by atoms with Gasteiger partial charge in [-0.2, -0.15) is 0 Å². The van der Waals surface area contributed by atoms with Crippen molar-refractivity contribution in [3.8, 4) is 11.1 Å². The first kappa shape index (κ1) is 31.2. The SMILES string of the molecule is C=CCc1cc2ccccc2c(-c2c(P(c3ccccc3)c3ccccc3)ccc3ccccc23)c1P(c1ccccc1)c1ccccc1. The second-order valence-electron chi connectivity index (χ2n) is 12.2. The van der Waals surface area contributed by atoms with Gasteiger partial charge in [-0.05, 0) is 92.3 Å². The van der Waals surface area contributed by atoms with Crippen molar-refractivity contribution in [2.75, 3.05) is 0 Å². The molecule has 0 heterocycles. The first-order valence-electron chi connectivity index (χ1n) is 16.8. The van der Waals surface area contributed by atoms with Gasteiger partial charge in [0.25, 0.3) is 0 Å². The van der Waals surface area contributed by atoms with Gasteiger partial charge in [0.1, 0.15) is 0 Å². The van der Waals surface area contributed by atoms with E-state index in [1.54, 1.807) is 0 Å². The molecule has 0 N–H and O–H groups in total. The average molecular weight is 663 g/mol. The van der Waals surface area contributed by atoms with Crippen molar-refractivity contribution in [2.45, 2.75) is 6.42 Å². The van der Waals surface area contributed by atoms with Gasteiger partial charge in [0.15, 0.2) is 0 Å². The maximum absolute atomic E-state index is 4.27. The second-order valence-corrected chi connectivity index (χ2v) is 16.5. The summed E-state index contributed by atoms with van der Waals surface area (Å²) in [5, 5.41) is 13.3. The van der Waals surface area contributed by atoms with E-state index < -0.39 is 15.8 Å². The average Bonchev–Trinajstić information content (AvgIpc) is 3.17. The standard InChI is InChI=1S/C47H36P2/c1-2-19-37-34-36-21-16-18-31-43(36)46(47(37)49(40-26-11-5-12-27-40)41-28-13-6-14-29-41)45-42-30-17-15-20-35(42)32-33-44(45)48(38-22-7-3-8-23-38)39-24-9-4-10-25-39/h2-18,20-34H,1,19H2. The molecule has 0 saturated heterocycles. The van der Waals surface area contributed by atoms with Crippen molar-refractivity contribution in [1.29, 1.82) is 0 Å². The lowest BCUT2D eigenvalue weighted by Crippen LogP contribution is -2.28. The molecular weight excluding hydrogens is 626 g/mol. The van der Waals surface area contributed by atoms with Gasteiger partial charge < -0.3 is 0 Å². The lowest BCUT2D eigenvalue weighted by atomic mass is 9.91. The van der Waals surface area contributed by atoms with Crippen LogP contribution in [0.3, 0.4) is 0 Å². The molecular formula is C47H36P2. The Balaban J connectivity index is 1.58. The quantitative estimate of drug-likeness (QED) is 0.107. The molecule has 0 aliphatic heterocycles. The monoisotopic (exact) mass is 662 g/mol. The molecule has 0 fully saturated rings. The molecule has 0 atom stereocenters. The first-order valence-corrected chi connectivity index (χ1v) is 19.5. The van der Waals surface area contributed by atoms with Crippen LogP contribution in [0.4, 0.5) is 0 Å². The third kappa shape index (κ3) is 6.04. The fourth-order valence-corrected chi connectivity index (χ4v) is 12.2. The molecule has 0 aliphatic rings. The van der Waals surface area contributed by atoms with Crippen molar-refractivity contribution in [3.63, 3.8) is 0 Å². The summed E-state index contributed by atoms with van der Waals surface area (Å²) in [6, 6.07) is 69.7. The molecule has 0 unspecified atom stereocenters. The van der Waals surface area contributed by atoms with Gasteiger partial charge in [0.05, 0.1) is 0 Å². The molecule has 0 amide bonds. The van der Waals surface area contributed by atoms with Crippen molar-refractivity contribution in [1.82, 2.24) is 0 Å². The molecule has 0 nitrogen and oxygen atoms in total. The summed E-state index contributed by atoms with van der Waals surface area (Å²) in [7, 11) is -1.82. The zero-order valence-electron chi connectivity index (χ0n) is 27.3. The fourth-order valence-electron chi connectivity index (χ4n) is 7.07. The number of rotatable bonds is 9. The molecule has 234 valence electrons.